The van der Waals surface area contributed by atoms with E-state index in [2.05, 4.69) is 10.3 Å². The van der Waals surface area contributed by atoms with Crippen LogP contribution in [-0.2, 0) is 14.8 Å². The minimum absolute atomic E-state index is 0.0445. The predicted octanol–water partition coefficient (Wildman–Crippen LogP) is 2.30. The van der Waals surface area contributed by atoms with Crippen LogP contribution < -0.4 is 10.5 Å². The highest BCUT2D eigenvalue weighted by Crippen LogP contribution is 2.34. The monoisotopic (exact) mass is 385 g/mol. The molecule has 1 saturated carbocycles. The topological polar surface area (TPSA) is 115 Å². The summed E-state index contributed by atoms with van der Waals surface area (Å²) in [4.78, 5) is 16.3. The number of halogens is 1. The largest absolute Gasteiger partial charge is 0.440 e. The Morgan fingerprint density at radius 2 is 2.04 bits per heavy atom. The van der Waals surface area contributed by atoms with E-state index in [0.717, 1.165) is 36.8 Å². The van der Waals surface area contributed by atoms with Crippen LogP contribution in [0.4, 0.5) is 0 Å². The van der Waals surface area contributed by atoms with E-state index < -0.39 is 10.0 Å². The molecule has 1 aromatic carbocycles. The fourth-order valence-electron chi connectivity index (χ4n) is 3.11. The Bertz CT molecular complexity index is 873. The van der Waals surface area contributed by atoms with E-state index in [1.165, 1.54) is 0 Å². The lowest BCUT2D eigenvalue weighted by Gasteiger charge is -2.27. The Hall–Kier alpha value is -1.64. The summed E-state index contributed by atoms with van der Waals surface area (Å²) in [7, 11) is -3.61. The average molecular weight is 386 g/mol. The van der Waals surface area contributed by atoms with Crippen molar-refractivity contribution >= 4 is 38.6 Å². The summed E-state index contributed by atoms with van der Waals surface area (Å²) in [6.07, 6.45) is 3.18. The molecule has 3 rings (SSSR count). The molecule has 25 heavy (non-hydrogen) atoms. The molecule has 2 aromatic rings. The van der Waals surface area contributed by atoms with Crippen LogP contribution in [0.25, 0.3) is 11.1 Å². The number of oxazole rings is 1. The lowest BCUT2D eigenvalue weighted by atomic mass is 9.86. The van der Waals surface area contributed by atoms with Crippen LogP contribution in [0, 0.1) is 0 Å². The van der Waals surface area contributed by atoms with E-state index in [-0.39, 0.29) is 30.0 Å². The maximum Gasteiger partial charge on any atom is 0.221 e. The zero-order valence-corrected chi connectivity index (χ0v) is 15.1. The number of hydrogen-bond donors (Lipinski definition) is 2. The first-order chi connectivity index (χ1) is 11.8. The molecular weight excluding hydrogens is 366 g/mol. The Balaban J connectivity index is 1.53. The van der Waals surface area contributed by atoms with Crippen molar-refractivity contribution in [1.29, 1.82) is 0 Å². The molecule has 1 aliphatic rings. The number of primary sulfonamides is 1. The minimum Gasteiger partial charge on any atom is -0.440 e. The maximum atomic E-state index is 11.8. The van der Waals surface area contributed by atoms with Crippen molar-refractivity contribution in [2.45, 2.75) is 44.1 Å². The van der Waals surface area contributed by atoms with Gasteiger partial charge in [0.2, 0.25) is 15.9 Å². The number of amides is 1. The molecule has 0 bridgehead atoms. The second-order valence-corrected chi connectivity index (χ2v) is 8.57. The van der Waals surface area contributed by atoms with E-state index in [1.54, 1.807) is 12.1 Å². The molecule has 1 fully saturated rings. The predicted molar refractivity (Wildman–Crippen MR) is 94.7 cm³/mol. The standard InChI is InChI=1S/C16H20ClN3O4S/c17-11-3-6-14-13(9-11)20-16(24-14)10-1-4-12(5-2-10)19-15(21)7-8-25(18,22)23/h3,6,9-10,12H,1-2,4-5,7-8H2,(H,19,21)(H2,18,22,23). The second-order valence-electron chi connectivity index (χ2n) is 6.40. The molecule has 0 atom stereocenters. The van der Waals surface area contributed by atoms with Gasteiger partial charge < -0.3 is 9.73 Å². The number of carbonyl (C=O) groups is 1. The number of nitrogens with one attached hydrogen (secondary N) is 1. The smallest absolute Gasteiger partial charge is 0.221 e. The number of sulfonamides is 1. The van der Waals surface area contributed by atoms with Crippen LogP contribution >= 0.6 is 11.6 Å². The van der Waals surface area contributed by atoms with Gasteiger partial charge >= 0.3 is 0 Å². The van der Waals surface area contributed by atoms with Crippen LogP contribution in [-0.4, -0.2) is 31.1 Å². The van der Waals surface area contributed by atoms with Gasteiger partial charge in [0.1, 0.15) is 5.52 Å². The fourth-order valence-corrected chi connectivity index (χ4v) is 3.75. The maximum absolute atomic E-state index is 11.8. The molecule has 0 aliphatic heterocycles. The number of nitrogens with zero attached hydrogens (tertiary/aromatic N) is 1. The Kier molecular flexibility index (Phi) is 5.31. The summed E-state index contributed by atoms with van der Waals surface area (Å²) < 4.78 is 27.6. The molecule has 7 nitrogen and oxygen atoms in total. The van der Waals surface area contributed by atoms with Crippen molar-refractivity contribution in [1.82, 2.24) is 10.3 Å². The van der Waals surface area contributed by atoms with E-state index in [9.17, 15) is 13.2 Å². The number of rotatable bonds is 5. The third kappa shape index (κ3) is 4.93. The van der Waals surface area contributed by atoms with Crippen molar-refractivity contribution in [3.05, 3.63) is 29.1 Å². The third-order valence-corrected chi connectivity index (χ3v) is 5.43. The minimum atomic E-state index is -3.61. The lowest BCUT2D eigenvalue weighted by Crippen LogP contribution is -2.38. The molecule has 1 aliphatic carbocycles. The highest BCUT2D eigenvalue weighted by Gasteiger charge is 2.27. The Morgan fingerprint density at radius 1 is 1.32 bits per heavy atom. The number of nitrogens with two attached hydrogens (primary N) is 1. The van der Waals surface area contributed by atoms with Crippen molar-refractivity contribution in [3.63, 3.8) is 0 Å². The molecule has 0 unspecified atom stereocenters. The summed E-state index contributed by atoms with van der Waals surface area (Å²) in [6.45, 7) is 0. The number of hydrogen-bond acceptors (Lipinski definition) is 5. The van der Waals surface area contributed by atoms with Gasteiger partial charge in [-0.05, 0) is 43.9 Å². The Labute approximate surface area is 151 Å². The summed E-state index contributed by atoms with van der Waals surface area (Å²) in [5.74, 6) is 0.300. The molecule has 1 heterocycles. The normalized spacial score (nSPS) is 21.4. The molecular formula is C16H20ClN3O4S. The first-order valence-electron chi connectivity index (χ1n) is 8.16. The summed E-state index contributed by atoms with van der Waals surface area (Å²) in [6, 6.07) is 5.41. The van der Waals surface area contributed by atoms with Gasteiger partial charge in [-0.15, -0.1) is 0 Å². The molecule has 1 aromatic heterocycles. The zero-order valence-electron chi connectivity index (χ0n) is 13.6. The van der Waals surface area contributed by atoms with E-state index in [1.807, 2.05) is 6.07 Å². The lowest BCUT2D eigenvalue weighted by molar-refractivity contribution is -0.121. The van der Waals surface area contributed by atoms with Gasteiger partial charge in [-0.3, -0.25) is 4.79 Å². The number of aromatic nitrogens is 1. The first kappa shape index (κ1) is 18.2. The second kappa shape index (κ2) is 7.31. The van der Waals surface area contributed by atoms with E-state index in [0.29, 0.717) is 10.9 Å². The SMILES string of the molecule is NS(=O)(=O)CCC(=O)NC1CCC(c2nc3cc(Cl)ccc3o2)CC1. The summed E-state index contributed by atoms with van der Waals surface area (Å²) in [5, 5.41) is 8.40. The molecule has 9 heteroatoms. The van der Waals surface area contributed by atoms with Gasteiger partial charge in [0.15, 0.2) is 11.5 Å². The van der Waals surface area contributed by atoms with Crippen LogP contribution in [0.2, 0.25) is 5.02 Å². The molecule has 136 valence electrons. The quantitative estimate of drug-likeness (QED) is 0.819. The average Bonchev–Trinajstić information content (AvgIpc) is 2.96. The van der Waals surface area contributed by atoms with Crippen LogP contribution in [0.5, 0.6) is 0 Å². The highest BCUT2D eigenvalue weighted by atomic mass is 35.5. The summed E-state index contributed by atoms with van der Waals surface area (Å²) in [5.41, 5.74) is 1.47. The number of fused-ring (bicyclic) bond motifs is 1. The Morgan fingerprint density at radius 3 is 2.72 bits per heavy atom. The first-order valence-corrected chi connectivity index (χ1v) is 10.3. The zero-order chi connectivity index (χ0) is 18.0. The van der Waals surface area contributed by atoms with Gasteiger partial charge in [-0.2, -0.15) is 0 Å². The van der Waals surface area contributed by atoms with Crippen LogP contribution in [0.3, 0.4) is 0 Å². The highest BCUT2D eigenvalue weighted by molar-refractivity contribution is 7.89. The van der Waals surface area contributed by atoms with Gasteiger partial charge in [-0.25, -0.2) is 18.5 Å². The van der Waals surface area contributed by atoms with E-state index >= 15 is 0 Å². The number of carbonyl (C=O) groups excluding carboxylic acids is 1. The van der Waals surface area contributed by atoms with E-state index in [4.69, 9.17) is 21.2 Å². The molecule has 1 amide bonds. The fraction of sp³-hybridized carbons (Fsp3) is 0.500. The summed E-state index contributed by atoms with van der Waals surface area (Å²) >= 11 is 5.97. The van der Waals surface area contributed by atoms with Gasteiger partial charge in [-0.1, -0.05) is 11.6 Å². The van der Waals surface area contributed by atoms with Crippen LogP contribution in [0.15, 0.2) is 22.6 Å². The van der Waals surface area contributed by atoms with Gasteiger partial charge in [0.25, 0.3) is 0 Å². The molecule has 0 saturated heterocycles. The van der Waals surface area contributed by atoms with Crippen molar-refractivity contribution in [3.8, 4) is 0 Å². The number of benzene rings is 1. The molecule has 3 N–H and O–H groups in total. The van der Waals surface area contributed by atoms with Crippen molar-refractivity contribution < 1.29 is 17.6 Å². The van der Waals surface area contributed by atoms with Crippen LogP contribution in [0.1, 0.15) is 43.9 Å². The van der Waals surface area contributed by atoms with Gasteiger partial charge in [0.05, 0.1) is 5.75 Å². The van der Waals surface area contributed by atoms with Crippen molar-refractivity contribution in [2.75, 3.05) is 5.75 Å². The molecule has 0 spiro atoms. The van der Waals surface area contributed by atoms with Crippen molar-refractivity contribution in [2.24, 2.45) is 5.14 Å². The van der Waals surface area contributed by atoms with Gasteiger partial charge in [0, 0.05) is 23.4 Å². The molecule has 0 radical (unpaired) electrons. The third-order valence-electron chi connectivity index (χ3n) is 4.42.